The molecular weight excluding hydrogens is 585 g/mol. The summed E-state index contributed by atoms with van der Waals surface area (Å²) in [5.74, 6) is -3.50. The molecule has 2 atom stereocenters. The van der Waals surface area contributed by atoms with Crippen LogP contribution >= 0.6 is 0 Å². The maximum Gasteiger partial charge on any atom is 0.490 e. The van der Waals surface area contributed by atoms with Crippen LogP contribution in [-0.2, 0) is 17.5 Å². The summed E-state index contributed by atoms with van der Waals surface area (Å²) in [7, 11) is 0. The second kappa shape index (κ2) is 11.8. The molecule has 0 saturated heterocycles. The predicted octanol–water partition coefficient (Wildman–Crippen LogP) is 4.11. The third-order valence-corrected chi connectivity index (χ3v) is 5.54. The van der Waals surface area contributed by atoms with Crippen LogP contribution in [0.15, 0.2) is 24.7 Å². The molecule has 11 nitrogen and oxygen atoms in total. The number of carbonyl (C=O) groups excluding carboxylic acids is 1. The Morgan fingerprint density at radius 3 is 2.24 bits per heavy atom. The lowest BCUT2D eigenvalue weighted by atomic mass is 9.93. The highest BCUT2D eigenvalue weighted by molar-refractivity contribution is 6.08. The van der Waals surface area contributed by atoms with Gasteiger partial charge in [0.2, 0.25) is 0 Å². The summed E-state index contributed by atoms with van der Waals surface area (Å²) in [6.07, 6.45) is -9.40. The lowest BCUT2D eigenvalue weighted by molar-refractivity contribution is -0.192. The highest BCUT2D eigenvalue weighted by Crippen LogP contribution is 2.34. The highest BCUT2D eigenvalue weighted by atomic mass is 19.4. The highest BCUT2D eigenvalue weighted by Gasteiger charge is 2.40. The number of aromatic nitrogens is 5. The van der Waals surface area contributed by atoms with Gasteiger partial charge < -0.3 is 20.8 Å². The summed E-state index contributed by atoms with van der Waals surface area (Å²) in [6.45, 7) is -1.76. The van der Waals surface area contributed by atoms with Gasteiger partial charge in [-0.2, -0.15) is 49.7 Å². The van der Waals surface area contributed by atoms with Crippen molar-refractivity contribution in [2.24, 2.45) is 0 Å². The van der Waals surface area contributed by atoms with Gasteiger partial charge in [-0.15, -0.1) is 0 Å². The second-order valence-corrected chi connectivity index (χ2v) is 8.70. The zero-order valence-corrected chi connectivity index (χ0v) is 20.3. The number of amides is 1. The van der Waals surface area contributed by atoms with Gasteiger partial charge in [0.05, 0.1) is 24.0 Å². The molecule has 41 heavy (non-hydrogen) atoms. The number of aliphatic hydroxyl groups excluding tert-OH is 1. The third-order valence-electron chi connectivity index (χ3n) is 5.54. The number of alkyl halides is 9. The standard InChI is InChI=1S/C19H19F6N7O2.C2HF3O2/c20-18(21,22)9-31-8-12(15(30-31)19(23,24)25)28-17(34)10-7-26-32-6-5-14(29-16(10)32)27-11-3-1-2-4-13(11)33;3-2(4,5)1(6)7/h5-8,11,13,33H,1-4,9H2,(H,27,29)(H,28,34);(H,6,7)/t11-,13+;/m1./s1. The number of nitrogens with one attached hydrogen (secondary N) is 2. The van der Waals surface area contributed by atoms with Crippen LogP contribution in [0.1, 0.15) is 41.7 Å². The molecule has 3 heterocycles. The Morgan fingerprint density at radius 1 is 1.05 bits per heavy atom. The van der Waals surface area contributed by atoms with Crippen LogP contribution < -0.4 is 10.6 Å². The Bertz CT molecular complexity index is 1380. The average Bonchev–Trinajstić information content (AvgIpc) is 3.43. The zero-order valence-electron chi connectivity index (χ0n) is 20.3. The zero-order chi connectivity index (χ0) is 30.8. The molecule has 3 aromatic rings. The van der Waals surface area contributed by atoms with Gasteiger partial charge in [-0.05, 0) is 18.9 Å². The maximum absolute atomic E-state index is 13.3. The van der Waals surface area contributed by atoms with Gasteiger partial charge in [0, 0.05) is 12.4 Å². The van der Waals surface area contributed by atoms with Gasteiger partial charge in [0.25, 0.3) is 5.91 Å². The van der Waals surface area contributed by atoms with Crippen LogP contribution in [-0.4, -0.2) is 71.0 Å². The molecule has 0 bridgehead atoms. The first-order chi connectivity index (χ1) is 18.8. The maximum atomic E-state index is 13.3. The Kier molecular flexibility index (Phi) is 9.04. The van der Waals surface area contributed by atoms with E-state index in [1.165, 1.54) is 10.7 Å². The molecule has 1 aliphatic rings. The minimum Gasteiger partial charge on any atom is -0.475 e. The molecule has 0 unspecified atom stereocenters. The van der Waals surface area contributed by atoms with Crippen molar-refractivity contribution in [3.8, 4) is 0 Å². The van der Waals surface area contributed by atoms with Gasteiger partial charge in [0.15, 0.2) is 11.3 Å². The van der Waals surface area contributed by atoms with Crippen LogP contribution in [0.25, 0.3) is 5.65 Å². The molecule has 4 N–H and O–H groups in total. The van der Waals surface area contributed by atoms with Crippen molar-refractivity contribution in [3.05, 3.63) is 35.9 Å². The minimum absolute atomic E-state index is 0.00374. The summed E-state index contributed by atoms with van der Waals surface area (Å²) < 4.78 is 111. The van der Waals surface area contributed by atoms with E-state index in [2.05, 4.69) is 20.5 Å². The summed E-state index contributed by atoms with van der Waals surface area (Å²) >= 11 is 0. The Balaban J connectivity index is 0.000000587. The number of halogens is 9. The van der Waals surface area contributed by atoms with Crippen LogP contribution in [0.4, 0.5) is 51.0 Å². The van der Waals surface area contributed by atoms with Crippen molar-refractivity contribution in [2.45, 2.75) is 62.9 Å². The minimum atomic E-state index is -5.10. The SMILES string of the molecule is O=C(Nc1cn(CC(F)(F)F)nc1C(F)(F)F)c1cnn2ccc(N[C@@H]3CCCC[C@@H]3O)nc12.O=C(O)C(F)(F)F. The van der Waals surface area contributed by atoms with Crippen molar-refractivity contribution < 1.29 is 59.3 Å². The smallest absolute Gasteiger partial charge is 0.475 e. The van der Waals surface area contributed by atoms with E-state index in [1.807, 2.05) is 5.32 Å². The number of aliphatic carboxylic acids is 1. The number of anilines is 2. The van der Waals surface area contributed by atoms with Gasteiger partial charge in [-0.1, -0.05) is 12.8 Å². The summed E-state index contributed by atoms with van der Waals surface area (Å²) in [4.78, 5) is 25.9. The Labute approximate surface area is 223 Å². The van der Waals surface area contributed by atoms with Crippen molar-refractivity contribution in [1.82, 2.24) is 24.4 Å². The average molecular weight is 605 g/mol. The number of aliphatic hydroxyl groups is 1. The Morgan fingerprint density at radius 2 is 1.68 bits per heavy atom. The van der Waals surface area contributed by atoms with Gasteiger partial charge in [-0.25, -0.2) is 14.3 Å². The molecule has 1 saturated carbocycles. The van der Waals surface area contributed by atoms with E-state index < -0.39 is 54.4 Å². The summed E-state index contributed by atoms with van der Waals surface area (Å²) in [5.41, 5.74) is -2.79. The Hall–Kier alpha value is -4.10. The van der Waals surface area contributed by atoms with Crippen molar-refractivity contribution in [1.29, 1.82) is 0 Å². The molecule has 0 aliphatic heterocycles. The van der Waals surface area contributed by atoms with E-state index in [1.54, 1.807) is 6.07 Å². The van der Waals surface area contributed by atoms with Crippen LogP contribution in [0.2, 0.25) is 0 Å². The second-order valence-electron chi connectivity index (χ2n) is 8.70. The lowest BCUT2D eigenvalue weighted by Crippen LogP contribution is -2.36. The fourth-order valence-electron chi connectivity index (χ4n) is 3.76. The summed E-state index contributed by atoms with van der Waals surface area (Å²) in [6, 6.07) is 1.31. The number of fused-ring (bicyclic) bond motifs is 1. The number of nitrogens with zero attached hydrogens (tertiary/aromatic N) is 5. The van der Waals surface area contributed by atoms with E-state index in [0.29, 0.717) is 24.9 Å². The van der Waals surface area contributed by atoms with Gasteiger partial charge in [0.1, 0.15) is 17.9 Å². The number of carboxylic acids is 1. The van der Waals surface area contributed by atoms with Gasteiger partial charge >= 0.3 is 24.5 Å². The molecule has 226 valence electrons. The van der Waals surface area contributed by atoms with E-state index in [0.717, 1.165) is 19.0 Å². The molecule has 3 aromatic heterocycles. The molecule has 1 fully saturated rings. The number of carboxylic acid groups (broad SMARTS) is 1. The molecule has 4 rings (SSSR count). The van der Waals surface area contributed by atoms with Crippen LogP contribution in [0, 0.1) is 0 Å². The number of carbonyl (C=O) groups is 2. The predicted molar refractivity (Wildman–Crippen MR) is 120 cm³/mol. The number of hydrogen-bond acceptors (Lipinski definition) is 7. The van der Waals surface area contributed by atoms with Gasteiger partial charge in [-0.3, -0.25) is 9.48 Å². The topological polar surface area (TPSA) is 147 Å². The first kappa shape index (κ1) is 31.4. The normalized spacial score (nSPS) is 18.0. The fraction of sp³-hybridized carbons (Fsp3) is 0.476. The molecule has 0 aromatic carbocycles. The van der Waals surface area contributed by atoms with Crippen LogP contribution in [0.3, 0.4) is 0 Å². The van der Waals surface area contributed by atoms with Crippen molar-refractivity contribution >= 4 is 29.0 Å². The molecular formula is C21H20F9N7O4. The monoisotopic (exact) mass is 605 g/mol. The van der Waals surface area contributed by atoms with E-state index in [9.17, 15) is 49.4 Å². The van der Waals surface area contributed by atoms with Crippen LogP contribution in [0.5, 0.6) is 0 Å². The third kappa shape index (κ3) is 8.44. The fourth-order valence-corrected chi connectivity index (χ4v) is 3.76. The first-order valence-corrected chi connectivity index (χ1v) is 11.5. The van der Waals surface area contributed by atoms with Crippen molar-refractivity contribution in [3.63, 3.8) is 0 Å². The lowest BCUT2D eigenvalue weighted by Gasteiger charge is -2.28. The molecule has 20 heteroatoms. The van der Waals surface area contributed by atoms with Crippen molar-refractivity contribution in [2.75, 3.05) is 10.6 Å². The summed E-state index contributed by atoms with van der Waals surface area (Å²) in [5, 5.41) is 29.2. The largest absolute Gasteiger partial charge is 0.490 e. The molecule has 1 aliphatic carbocycles. The molecule has 0 spiro atoms. The quantitative estimate of drug-likeness (QED) is 0.318. The van der Waals surface area contributed by atoms with E-state index in [4.69, 9.17) is 9.90 Å². The number of rotatable bonds is 5. The number of hydrogen-bond donors (Lipinski definition) is 4. The van der Waals surface area contributed by atoms with E-state index >= 15 is 0 Å². The molecule has 1 amide bonds. The molecule has 0 radical (unpaired) electrons. The first-order valence-electron chi connectivity index (χ1n) is 11.5. The van der Waals surface area contributed by atoms with E-state index in [-0.39, 0.29) is 21.9 Å².